The highest BCUT2D eigenvalue weighted by atomic mass is 16.5. The molecule has 0 aliphatic rings. The summed E-state index contributed by atoms with van der Waals surface area (Å²) in [6.45, 7) is 4.68. The van der Waals surface area contributed by atoms with Crippen LogP contribution in [0.15, 0.2) is 36.7 Å². The van der Waals surface area contributed by atoms with Gasteiger partial charge in [0.25, 0.3) is 0 Å². The Bertz CT molecular complexity index is 522. The van der Waals surface area contributed by atoms with E-state index in [-0.39, 0.29) is 0 Å². The molecule has 108 valence electrons. The molecule has 1 heterocycles. The van der Waals surface area contributed by atoms with Crippen molar-refractivity contribution in [3.8, 4) is 0 Å². The molecule has 0 unspecified atom stereocenters. The van der Waals surface area contributed by atoms with Gasteiger partial charge in [-0.2, -0.15) is 0 Å². The lowest BCUT2D eigenvalue weighted by Crippen LogP contribution is -2.10. The standard InChI is InChI=1S/C16H23N3O/c1-3-10-19-11-9-17-16(19)13-18-15-7-5-4-6-14(15)8-12-20-2/h4-7,9,11,18H,3,8,10,12-13H2,1-2H3. The molecule has 2 aromatic rings. The Hall–Kier alpha value is -1.81. The first-order chi connectivity index (χ1) is 9.85. The van der Waals surface area contributed by atoms with Gasteiger partial charge in [-0.25, -0.2) is 4.98 Å². The van der Waals surface area contributed by atoms with Crippen molar-refractivity contribution in [1.29, 1.82) is 0 Å². The Morgan fingerprint density at radius 1 is 1.30 bits per heavy atom. The smallest absolute Gasteiger partial charge is 0.128 e. The van der Waals surface area contributed by atoms with Gasteiger partial charge >= 0.3 is 0 Å². The number of benzene rings is 1. The average molecular weight is 273 g/mol. The van der Waals surface area contributed by atoms with Crippen LogP contribution in [0.5, 0.6) is 0 Å². The molecule has 1 aromatic heterocycles. The quantitative estimate of drug-likeness (QED) is 0.803. The summed E-state index contributed by atoms with van der Waals surface area (Å²) in [5, 5.41) is 3.48. The predicted molar refractivity (Wildman–Crippen MR) is 81.9 cm³/mol. The van der Waals surface area contributed by atoms with Crippen LogP contribution < -0.4 is 5.32 Å². The minimum atomic E-state index is 0.739. The first-order valence-electron chi connectivity index (χ1n) is 7.16. The van der Waals surface area contributed by atoms with Gasteiger partial charge in [0.05, 0.1) is 13.2 Å². The van der Waals surface area contributed by atoms with Crippen LogP contribution in [0.3, 0.4) is 0 Å². The Morgan fingerprint density at radius 2 is 2.15 bits per heavy atom. The Balaban J connectivity index is 2.01. The topological polar surface area (TPSA) is 39.1 Å². The second-order valence-electron chi connectivity index (χ2n) is 4.79. The molecule has 2 rings (SSSR count). The van der Waals surface area contributed by atoms with Crippen molar-refractivity contribution in [2.45, 2.75) is 32.9 Å². The maximum Gasteiger partial charge on any atom is 0.128 e. The lowest BCUT2D eigenvalue weighted by atomic mass is 10.1. The number of nitrogens with zero attached hydrogens (tertiary/aromatic N) is 2. The molecule has 1 aromatic carbocycles. The molecule has 0 aliphatic carbocycles. The molecule has 4 heteroatoms. The van der Waals surface area contributed by atoms with Crippen molar-refractivity contribution in [3.63, 3.8) is 0 Å². The number of aryl methyl sites for hydroxylation is 1. The van der Waals surface area contributed by atoms with Crippen LogP contribution in [-0.4, -0.2) is 23.3 Å². The van der Waals surface area contributed by atoms with E-state index < -0.39 is 0 Å². The third kappa shape index (κ3) is 3.84. The van der Waals surface area contributed by atoms with Gasteiger partial charge in [-0.05, 0) is 24.5 Å². The third-order valence-electron chi connectivity index (χ3n) is 3.30. The van der Waals surface area contributed by atoms with E-state index in [9.17, 15) is 0 Å². The Labute approximate surface area is 120 Å². The zero-order valence-corrected chi connectivity index (χ0v) is 12.3. The minimum Gasteiger partial charge on any atom is -0.384 e. The molecule has 0 fully saturated rings. The maximum atomic E-state index is 5.16. The normalized spacial score (nSPS) is 10.7. The van der Waals surface area contributed by atoms with Crippen LogP contribution >= 0.6 is 0 Å². The molecule has 0 saturated carbocycles. The number of rotatable bonds is 8. The fourth-order valence-electron chi connectivity index (χ4n) is 2.25. The van der Waals surface area contributed by atoms with Crippen molar-refractivity contribution >= 4 is 5.69 Å². The third-order valence-corrected chi connectivity index (χ3v) is 3.30. The number of hydrogen-bond donors (Lipinski definition) is 1. The number of ether oxygens (including phenoxy) is 1. The van der Waals surface area contributed by atoms with Gasteiger partial charge < -0.3 is 14.6 Å². The minimum absolute atomic E-state index is 0.739. The monoisotopic (exact) mass is 273 g/mol. The van der Waals surface area contributed by atoms with Gasteiger partial charge in [-0.3, -0.25) is 0 Å². The molecule has 0 saturated heterocycles. The van der Waals surface area contributed by atoms with Crippen molar-refractivity contribution in [3.05, 3.63) is 48.0 Å². The van der Waals surface area contributed by atoms with Gasteiger partial charge in [0.15, 0.2) is 0 Å². The predicted octanol–water partition coefficient (Wildman–Crippen LogP) is 3.09. The lowest BCUT2D eigenvalue weighted by Gasteiger charge is -2.12. The number of para-hydroxylation sites is 1. The molecule has 4 nitrogen and oxygen atoms in total. The van der Waals surface area contributed by atoms with Crippen LogP contribution in [0.25, 0.3) is 0 Å². The first-order valence-corrected chi connectivity index (χ1v) is 7.16. The number of aromatic nitrogens is 2. The highest BCUT2D eigenvalue weighted by molar-refractivity contribution is 5.51. The van der Waals surface area contributed by atoms with Crippen LogP contribution in [0, 0.1) is 0 Å². The molecular weight excluding hydrogens is 250 g/mol. The molecule has 0 spiro atoms. The van der Waals surface area contributed by atoms with Crippen molar-refractivity contribution in [1.82, 2.24) is 9.55 Å². The highest BCUT2D eigenvalue weighted by Crippen LogP contribution is 2.16. The summed E-state index contributed by atoms with van der Waals surface area (Å²) < 4.78 is 7.36. The van der Waals surface area contributed by atoms with E-state index in [1.54, 1.807) is 7.11 Å². The summed E-state index contributed by atoms with van der Waals surface area (Å²) in [5.41, 5.74) is 2.44. The lowest BCUT2D eigenvalue weighted by molar-refractivity contribution is 0.202. The second kappa shape index (κ2) is 7.70. The van der Waals surface area contributed by atoms with Gasteiger partial charge in [0, 0.05) is 31.7 Å². The Morgan fingerprint density at radius 3 is 2.95 bits per heavy atom. The fourth-order valence-corrected chi connectivity index (χ4v) is 2.25. The summed E-state index contributed by atoms with van der Waals surface area (Å²) in [7, 11) is 1.73. The number of anilines is 1. The zero-order chi connectivity index (χ0) is 14.2. The molecule has 20 heavy (non-hydrogen) atoms. The molecule has 0 atom stereocenters. The number of methoxy groups -OCH3 is 1. The van der Waals surface area contributed by atoms with Crippen LogP contribution in [0.1, 0.15) is 24.7 Å². The van der Waals surface area contributed by atoms with Gasteiger partial charge in [0.1, 0.15) is 5.82 Å². The van der Waals surface area contributed by atoms with Crippen LogP contribution in [0.4, 0.5) is 5.69 Å². The van der Waals surface area contributed by atoms with E-state index >= 15 is 0 Å². The largest absolute Gasteiger partial charge is 0.384 e. The summed E-state index contributed by atoms with van der Waals surface area (Å²) in [6, 6.07) is 8.36. The van der Waals surface area contributed by atoms with Gasteiger partial charge in [-0.15, -0.1) is 0 Å². The number of hydrogen-bond acceptors (Lipinski definition) is 3. The first kappa shape index (κ1) is 14.6. The molecule has 0 aliphatic heterocycles. The van der Waals surface area contributed by atoms with E-state index in [2.05, 4.69) is 46.1 Å². The average Bonchev–Trinajstić information content (AvgIpc) is 2.91. The summed E-state index contributed by atoms with van der Waals surface area (Å²) in [6.07, 6.45) is 5.94. The molecular formula is C16H23N3O. The van der Waals surface area contributed by atoms with Crippen LogP contribution in [-0.2, 0) is 24.2 Å². The molecule has 0 bridgehead atoms. The molecule has 0 amide bonds. The number of nitrogens with one attached hydrogen (secondary N) is 1. The van der Waals surface area contributed by atoms with Crippen molar-refractivity contribution < 1.29 is 4.74 Å². The molecule has 0 radical (unpaired) electrons. The molecule has 1 N–H and O–H groups in total. The van der Waals surface area contributed by atoms with E-state index in [1.807, 2.05) is 12.4 Å². The summed E-state index contributed by atoms with van der Waals surface area (Å²) >= 11 is 0. The van der Waals surface area contributed by atoms with E-state index in [0.717, 1.165) is 44.0 Å². The van der Waals surface area contributed by atoms with E-state index in [4.69, 9.17) is 4.74 Å². The number of imidazole rings is 1. The zero-order valence-electron chi connectivity index (χ0n) is 12.3. The highest BCUT2D eigenvalue weighted by Gasteiger charge is 2.04. The van der Waals surface area contributed by atoms with Gasteiger partial charge in [0.2, 0.25) is 0 Å². The van der Waals surface area contributed by atoms with Gasteiger partial charge in [-0.1, -0.05) is 25.1 Å². The van der Waals surface area contributed by atoms with E-state index in [1.165, 1.54) is 5.56 Å². The second-order valence-corrected chi connectivity index (χ2v) is 4.79. The Kier molecular flexibility index (Phi) is 5.62. The van der Waals surface area contributed by atoms with E-state index in [0.29, 0.717) is 0 Å². The SMILES string of the molecule is CCCn1ccnc1CNc1ccccc1CCOC. The van der Waals surface area contributed by atoms with Crippen molar-refractivity contribution in [2.24, 2.45) is 0 Å². The fraction of sp³-hybridized carbons (Fsp3) is 0.438. The summed E-state index contributed by atoms with van der Waals surface area (Å²) in [4.78, 5) is 4.42. The summed E-state index contributed by atoms with van der Waals surface area (Å²) in [5.74, 6) is 1.08. The van der Waals surface area contributed by atoms with Crippen LogP contribution in [0.2, 0.25) is 0 Å². The van der Waals surface area contributed by atoms with Crippen molar-refractivity contribution in [2.75, 3.05) is 19.0 Å². The maximum absolute atomic E-state index is 5.16.